The Morgan fingerprint density at radius 3 is 0.583 bits per heavy atom. The van der Waals surface area contributed by atoms with Crippen molar-refractivity contribution in [3.05, 3.63) is 0 Å². The number of aliphatic hydroxyl groups excluding tert-OH is 17. The predicted molar refractivity (Wildman–Crippen MR) is 183 cm³/mol. The highest BCUT2D eigenvalue weighted by molar-refractivity contribution is 4.47. The van der Waals surface area contributed by atoms with Gasteiger partial charge in [0.25, 0.3) is 0 Å². The van der Waals surface area contributed by atoms with Gasteiger partial charge < -0.3 is 91.5 Å². The van der Waals surface area contributed by atoms with E-state index in [-0.39, 0.29) is 112 Å². The van der Waals surface area contributed by atoms with Crippen LogP contribution in [0.5, 0.6) is 0 Å². The van der Waals surface area contributed by atoms with E-state index in [9.17, 15) is 0 Å². The second-order valence-corrected chi connectivity index (χ2v) is 8.10. The molecule has 0 aliphatic heterocycles. The van der Waals surface area contributed by atoms with Gasteiger partial charge in [-0.2, -0.15) is 0 Å². The summed E-state index contributed by atoms with van der Waals surface area (Å²) >= 11 is 0. The van der Waals surface area contributed by atoms with E-state index in [1.54, 1.807) is 0 Å². The first-order valence-electron chi connectivity index (χ1n) is 16.2. The molecule has 0 unspecified atom stereocenters. The molecule has 0 aromatic heterocycles. The summed E-state index contributed by atoms with van der Waals surface area (Å²) in [7, 11) is 0. The van der Waals surface area contributed by atoms with Crippen molar-refractivity contribution in [2.45, 2.75) is 71.1 Å². The molecule has 0 aromatic rings. The van der Waals surface area contributed by atoms with Crippen molar-refractivity contribution in [2.24, 2.45) is 0 Å². The van der Waals surface area contributed by atoms with Crippen molar-refractivity contribution < 1.29 is 91.5 Å². The molecular formula is C30H78O18. The van der Waals surface area contributed by atoms with Gasteiger partial charge in [-0.05, 0) is 6.42 Å². The minimum Gasteiger partial charge on any atom is -0.394 e. The van der Waals surface area contributed by atoms with Crippen molar-refractivity contribution in [3.63, 3.8) is 0 Å². The highest BCUT2D eigenvalue weighted by atomic mass is 16.5. The Bertz CT molecular complexity index is 262. The van der Waals surface area contributed by atoms with Crippen molar-refractivity contribution in [1.29, 1.82) is 0 Å². The minimum absolute atomic E-state index is 0.125. The molecule has 17 N–H and O–H groups in total. The van der Waals surface area contributed by atoms with Crippen LogP contribution < -0.4 is 0 Å². The Kier molecular flexibility index (Phi) is 159. The fourth-order valence-electron chi connectivity index (χ4n) is 1.86. The van der Waals surface area contributed by atoms with Gasteiger partial charge in [-0.25, -0.2) is 0 Å². The normalized spacial score (nSPS) is 8.62. The molecule has 0 bridgehead atoms. The van der Waals surface area contributed by atoms with Gasteiger partial charge in [-0.15, -0.1) is 0 Å². The third kappa shape index (κ3) is 216. The van der Waals surface area contributed by atoms with E-state index in [2.05, 4.69) is 6.92 Å². The largest absolute Gasteiger partial charge is 0.394 e. The summed E-state index contributed by atoms with van der Waals surface area (Å²) in [6, 6.07) is 0. The predicted octanol–water partition coefficient (Wildman–Crippen LogP) is -4.32. The lowest BCUT2D eigenvalue weighted by Crippen LogP contribution is -2.00. The third-order valence-electron chi connectivity index (χ3n) is 3.68. The minimum atomic E-state index is -0.125. The summed E-state index contributed by atoms with van der Waals surface area (Å²) in [5.74, 6) is 0. The Morgan fingerprint density at radius 2 is 0.417 bits per heavy atom. The maximum atomic E-state index is 8.50. The summed E-state index contributed by atoms with van der Waals surface area (Å²) in [4.78, 5) is 0. The van der Waals surface area contributed by atoms with Gasteiger partial charge in [0.1, 0.15) is 0 Å². The van der Waals surface area contributed by atoms with E-state index in [1.807, 2.05) is 0 Å². The third-order valence-corrected chi connectivity index (χ3v) is 3.68. The van der Waals surface area contributed by atoms with Crippen LogP contribution in [-0.4, -0.2) is 212 Å². The molecule has 0 saturated carbocycles. The molecule has 48 heavy (non-hydrogen) atoms. The molecule has 0 spiro atoms. The fraction of sp³-hybridized carbons (Fsp3) is 1.00. The van der Waals surface area contributed by atoms with Crippen LogP contribution in [0.15, 0.2) is 0 Å². The van der Waals surface area contributed by atoms with Gasteiger partial charge in [0, 0.05) is 6.61 Å². The zero-order chi connectivity index (χ0) is 39.2. The van der Waals surface area contributed by atoms with Crippen LogP contribution in [0.25, 0.3) is 0 Å². The molecule has 18 nitrogen and oxygen atoms in total. The Hall–Kier alpha value is -0.720. The van der Waals surface area contributed by atoms with Crippen molar-refractivity contribution in [3.8, 4) is 0 Å². The quantitative estimate of drug-likeness (QED) is 0.0497. The molecule has 0 heterocycles. The molecule has 18 heteroatoms. The van der Waals surface area contributed by atoms with Crippen molar-refractivity contribution >= 4 is 0 Å². The molecule has 0 atom stereocenters. The number of aliphatic hydroxyl groups is 17. The van der Waals surface area contributed by atoms with Crippen molar-refractivity contribution in [1.82, 2.24) is 0 Å². The number of hydrogen-bond donors (Lipinski definition) is 17. The highest BCUT2D eigenvalue weighted by Crippen LogP contribution is 2.10. The van der Waals surface area contributed by atoms with Gasteiger partial charge in [-0.1, -0.05) is 64.7 Å². The lowest BCUT2D eigenvalue weighted by molar-refractivity contribution is 0.0895. The number of unbranched alkanes of at least 4 members (excludes halogenated alkanes) is 9. The van der Waals surface area contributed by atoms with Crippen LogP contribution in [0.2, 0.25) is 0 Å². The number of rotatable bonds is 21. The van der Waals surface area contributed by atoms with Crippen LogP contribution in [0, 0.1) is 0 Å². The van der Waals surface area contributed by atoms with Crippen LogP contribution >= 0.6 is 0 Å². The second kappa shape index (κ2) is 111. The maximum Gasteiger partial charge on any atom is 0.0697 e. The van der Waals surface area contributed by atoms with Crippen LogP contribution in [0.3, 0.4) is 0 Å². The lowest BCUT2D eigenvalue weighted by Gasteiger charge is -2.03. The standard InChI is InChI=1S/C14H30O2.8C2H6O2/c1-2-3-4-5-6-7-8-9-10-11-13-16-14-12-15;8*3-1-2-4/h15H,2-14H2,1H3;8*3-4H,1-2H2. The van der Waals surface area contributed by atoms with Gasteiger partial charge in [0.05, 0.1) is 119 Å². The molecule has 0 aromatic carbocycles. The SMILES string of the molecule is CCCCCCCCCCCCOCCO.OCCO.OCCO.OCCO.OCCO.OCCO.OCCO.OCCO.OCCO. The van der Waals surface area contributed by atoms with E-state index in [4.69, 9.17) is 91.5 Å². The molecule has 306 valence electrons. The molecule has 0 amide bonds. The van der Waals surface area contributed by atoms with Gasteiger partial charge >= 0.3 is 0 Å². The Labute approximate surface area is 288 Å². The first kappa shape index (κ1) is 69.1. The Balaban J connectivity index is -0.0000000565. The summed E-state index contributed by atoms with van der Waals surface area (Å²) in [5, 5.41) is 131. The zero-order valence-corrected chi connectivity index (χ0v) is 29.5. The maximum absolute atomic E-state index is 8.50. The first-order chi connectivity index (χ1) is 23.2. The second-order valence-electron chi connectivity index (χ2n) is 8.10. The lowest BCUT2D eigenvalue weighted by atomic mass is 10.1. The zero-order valence-electron chi connectivity index (χ0n) is 29.5. The van der Waals surface area contributed by atoms with E-state index in [1.165, 1.54) is 57.8 Å². The smallest absolute Gasteiger partial charge is 0.0697 e. The van der Waals surface area contributed by atoms with Crippen LogP contribution in [0.1, 0.15) is 71.1 Å². The van der Waals surface area contributed by atoms with E-state index in [0.717, 1.165) is 13.0 Å². The molecule has 0 fully saturated rings. The van der Waals surface area contributed by atoms with E-state index < -0.39 is 0 Å². The Morgan fingerprint density at radius 1 is 0.229 bits per heavy atom. The number of hydrogen-bond acceptors (Lipinski definition) is 18. The van der Waals surface area contributed by atoms with Gasteiger partial charge in [0.2, 0.25) is 0 Å². The first-order valence-corrected chi connectivity index (χ1v) is 16.2. The van der Waals surface area contributed by atoms with Crippen LogP contribution in [0.4, 0.5) is 0 Å². The summed E-state index contributed by atoms with van der Waals surface area (Å²) in [6.45, 7) is 1.73. The summed E-state index contributed by atoms with van der Waals surface area (Å²) in [5.41, 5.74) is 0. The average molecular weight is 727 g/mol. The monoisotopic (exact) mass is 727 g/mol. The molecule has 0 saturated heterocycles. The molecular weight excluding hydrogens is 648 g/mol. The van der Waals surface area contributed by atoms with Gasteiger partial charge in [-0.3, -0.25) is 0 Å². The van der Waals surface area contributed by atoms with Crippen molar-refractivity contribution in [2.75, 3.05) is 126 Å². The molecule has 0 aliphatic carbocycles. The topological polar surface area (TPSA) is 353 Å². The highest BCUT2D eigenvalue weighted by Gasteiger charge is 1.92. The fourth-order valence-corrected chi connectivity index (χ4v) is 1.86. The van der Waals surface area contributed by atoms with E-state index >= 15 is 0 Å². The molecule has 0 aliphatic rings. The van der Waals surface area contributed by atoms with Gasteiger partial charge in [0.15, 0.2) is 0 Å². The molecule has 0 rings (SSSR count). The number of ether oxygens (including phenoxy) is 1. The van der Waals surface area contributed by atoms with E-state index in [0.29, 0.717) is 6.61 Å². The summed E-state index contributed by atoms with van der Waals surface area (Å²) < 4.78 is 5.20. The summed E-state index contributed by atoms with van der Waals surface area (Å²) in [6.07, 6.45) is 13.6. The molecule has 0 radical (unpaired) electrons. The average Bonchev–Trinajstić information content (AvgIpc) is 3.15. The van der Waals surface area contributed by atoms with Crippen LogP contribution in [-0.2, 0) is 4.74 Å².